The summed E-state index contributed by atoms with van der Waals surface area (Å²) >= 11 is 1.52. The highest BCUT2D eigenvalue weighted by atomic mass is 32.1. The van der Waals surface area contributed by atoms with Crippen LogP contribution < -0.4 is 5.32 Å². The van der Waals surface area contributed by atoms with Crippen molar-refractivity contribution in [3.8, 4) is 10.4 Å². The molecule has 3 rings (SSSR count). The van der Waals surface area contributed by atoms with Crippen molar-refractivity contribution >= 4 is 40.8 Å². The normalized spacial score (nSPS) is 10.7. The zero-order valence-corrected chi connectivity index (χ0v) is 16.9. The van der Waals surface area contributed by atoms with E-state index in [0.717, 1.165) is 21.4 Å². The van der Waals surface area contributed by atoms with E-state index in [0.29, 0.717) is 0 Å². The number of hydrogen-bond acceptors (Lipinski definition) is 5. The van der Waals surface area contributed by atoms with Gasteiger partial charge in [0.15, 0.2) is 6.61 Å². The molecule has 2 aromatic carbocycles. The third kappa shape index (κ3) is 5.71. The average Bonchev–Trinajstić information content (AvgIpc) is 3.20. The van der Waals surface area contributed by atoms with E-state index in [2.05, 4.69) is 5.32 Å². The first-order valence-electron chi connectivity index (χ1n) is 9.03. The number of hydrogen-bond donors (Lipinski definition) is 1. The van der Waals surface area contributed by atoms with Crippen LogP contribution in [0.2, 0.25) is 0 Å². The molecule has 1 heterocycles. The maximum absolute atomic E-state index is 14.1. The minimum absolute atomic E-state index is 0.216. The fraction of sp³-hybridized carbons (Fsp3) is 0.0870. The van der Waals surface area contributed by atoms with Crippen molar-refractivity contribution in [3.05, 3.63) is 83.0 Å². The Morgan fingerprint density at radius 2 is 1.83 bits per heavy atom. The molecule has 30 heavy (non-hydrogen) atoms. The molecular weight excluding hydrogens is 405 g/mol. The van der Waals surface area contributed by atoms with E-state index in [1.165, 1.54) is 36.5 Å². The largest absolute Gasteiger partial charge is 0.454 e. The van der Waals surface area contributed by atoms with Crippen LogP contribution in [0.1, 0.15) is 22.2 Å². The Balaban J connectivity index is 1.55. The Morgan fingerprint density at radius 3 is 2.53 bits per heavy atom. The first-order chi connectivity index (χ1) is 14.4. The molecule has 1 amide bonds. The molecule has 0 radical (unpaired) electrons. The summed E-state index contributed by atoms with van der Waals surface area (Å²) in [6, 6.07) is 17.4. The van der Waals surface area contributed by atoms with Crippen molar-refractivity contribution in [2.24, 2.45) is 0 Å². The van der Waals surface area contributed by atoms with E-state index >= 15 is 0 Å². The summed E-state index contributed by atoms with van der Waals surface area (Å²) in [5.74, 6) is -2.53. The first-order valence-corrected chi connectivity index (χ1v) is 9.84. The van der Waals surface area contributed by atoms with Gasteiger partial charge in [0.2, 0.25) is 11.7 Å². The number of ketones is 1. The lowest BCUT2D eigenvalue weighted by atomic mass is 10.1. The topological polar surface area (TPSA) is 72.5 Å². The number of carbonyl (C=O) groups is 3. The summed E-state index contributed by atoms with van der Waals surface area (Å²) in [4.78, 5) is 36.9. The van der Waals surface area contributed by atoms with Crippen LogP contribution in [0.3, 0.4) is 0 Å². The Hall–Kier alpha value is -3.58. The molecule has 0 atom stereocenters. The molecule has 0 bridgehead atoms. The van der Waals surface area contributed by atoms with Gasteiger partial charge in [0.1, 0.15) is 5.82 Å². The Labute approximate surface area is 176 Å². The van der Waals surface area contributed by atoms with Gasteiger partial charge in [-0.3, -0.25) is 9.59 Å². The molecule has 0 saturated heterocycles. The number of amides is 1. The quantitative estimate of drug-likeness (QED) is 0.331. The Morgan fingerprint density at radius 1 is 1.07 bits per heavy atom. The number of carbonyl (C=O) groups excluding carboxylic acids is 3. The number of ether oxygens (including phenoxy) is 1. The third-order valence-corrected chi connectivity index (χ3v) is 5.10. The molecular formula is C23H18FNO4S. The number of anilines is 1. The molecule has 1 aromatic heterocycles. The van der Waals surface area contributed by atoms with Gasteiger partial charge >= 0.3 is 5.97 Å². The van der Waals surface area contributed by atoms with Crippen LogP contribution in [-0.4, -0.2) is 24.3 Å². The number of nitrogens with one attached hydrogen (secondary N) is 1. The molecule has 0 saturated carbocycles. The number of esters is 1. The Kier molecular flexibility index (Phi) is 6.87. The van der Waals surface area contributed by atoms with Gasteiger partial charge in [0.05, 0.1) is 5.56 Å². The molecule has 0 aliphatic heterocycles. The maximum Gasteiger partial charge on any atom is 0.331 e. The van der Waals surface area contributed by atoms with Crippen LogP contribution >= 0.6 is 11.3 Å². The molecule has 3 aromatic rings. The Bertz CT molecular complexity index is 1110. The molecule has 1 N–H and O–H groups in total. The van der Waals surface area contributed by atoms with Gasteiger partial charge in [0, 0.05) is 28.4 Å². The fourth-order valence-corrected chi connectivity index (χ4v) is 3.55. The van der Waals surface area contributed by atoms with Crippen molar-refractivity contribution in [1.82, 2.24) is 0 Å². The predicted molar refractivity (Wildman–Crippen MR) is 115 cm³/mol. The summed E-state index contributed by atoms with van der Waals surface area (Å²) in [7, 11) is 0. The van der Waals surface area contributed by atoms with E-state index in [1.54, 1.807) is 6.08 Å². The van der Waals surface area contributed by atoms with E-state index in [9.17, 15) is 18.8 Å². The molecule has 0 unspecified atom stereocenters. The minimum Gasteiger partial charge on any atom is -0.454 e. The molecule has 0 spiro atoms. The third-order valence-electron chi connectivity index (χ3n) is 4.00. The van der Waals surface area contributed by atoms with Crippen molar-refractivity contribution in [2.75, 3.05) is 11.9 Å². The van der Waals surface area contributed by atoms with Gasteiger partial charge < -0.3 is 10.1 Å². The predicted octanol–water partition coefficient (Wildman–Crippen LogP) is 4.95. The second-order valence-corrected chi connectivity index (χ2v) is 7.42. The summed E-state index contributed by atoms with van der Waals surface area (Å²) in [5.41, 5.74) is 1.11. The van der Waals surface area contributed by atoms with E-state index in [-0.39, 0.29) is 17.2 Å². The van der Waals surface area contributed by atoms with Crippen LogP contribution in [0, 0.1) is 5.82 Å². The second-order valence-electron chi connectivity index (χ2n) is 6.31. The van der Waals surface area contributed by atoms with Gasteiger partial charge in [-0.2, -0.15) is 0 Å². The van der Waals surface area contributed by atoms with Gasteiger partial charge in [-0.05, 0) is 42.0 Å². The lowest BCUT2D eigenvalue weighted by Gasteiger charge is -2.06. The zero-order chi connectivity index (χ0) is 21.5. The molecule has 0 fully saturated rings. The smallest absolute Gasteiger partial charge is 0.331 e. The van der Waals surface area contributed by atoms with Crippen LogP contribution in [0.5, 0.6) is 0 Å². The maximum atomic E-state index is 14.1. The standard InChI is InChI=1S/C23H18FNO4S/c1-15(26)25-17-7-10-19(20(24)13-17)21(27)14-29-23(28)12-9-18-8-11-22(30-18)16-5-3-2-4-6-16/h2-13H,14H2,1H3,(H,25,26)/b12-9+. The highest BCUT2D eigenvalue weighted by Crippen LogP contribution is 2.28. The lowest BCUT2D eigenvalue weighted by molar-refractivity contribution is -0.136. The zero-order valence-electron chi connectivity index (χ0n) is 16.1. The van der Waals surface area contributed by atoms with Gasteiger partial charge in [-0.15, -0.1) is 11.3 Å². The van der Waals surface area contributed by atoms with Gasteiger partial charge in [0.25, 0.3) is 0 Å². The van der Waals surface area contributed by atoms with Crippen molar-refractivity contribution in [3.63, 3.8) is 0 Å². The molecule has 5 nitrogen and oxygen atoms in total. The summed E-state index contributed by atoms with van der Waals surface area (Å²) in [6.07, 6.45) is 2.83. The molecule has 152 valence electrons. The van der Waals surface area contributed by atoms with Crippen LogP contribution in [0.4, 0.5) is 10.1 Å². The number of thiophene rings is 1. The van der Waals surface area contributed by atoms with Crippen molar-refractivity contribution < 1.29 is 23.5 Å². The lowest BCUT2D eigenvalue weighted by Crippen LogP contribution is -2.14. The van der Waals surface area contributed by atoms with Crippen LogP contribution in [0.25, 0.3) is 16.5 Å². The minimum atomic E-state index is -0.801. The van der Waals surface area contributed by atoms with Crippen molar-refractivity contribution in [1.29, 1.82) is 0 Å². The molecule has 7 heteroatoms. The van der Waals surface area contributed by atoms with Crippen LogP contribution in [0.15, 0.2) is 66.7 Å². The number of halogens is 1. The first kappa shape index (κ1) is 21.1. The van der Waals surface area contributed by atoms with E-state index < -0.39 is 24.2 Å². The fourth-order valence-electron chi connectivity index (χ4n) is 2.63. The summed E-state index contributed by atoms with van der Waals surface area (Å²) in [6.45, 7) is 0.710. The van der Waals surface area contributed by atoms with E-state index in [4.69, 9.17) is 4.74 Å². The summed E-state index contributed by atoms with van der Waals surface area (Å²) in [5, 5.41) is 2.42. The average molecular weight is 423 g/mol. The highest BCUT2D eigenvalue weighted by molar-refractivity contribution is 7.16. The molecule has 0 aliphatic carbocycles. The van der Waals surface area contributed by atoms with E-state index in [1.807, 2.05) is 42.5 Å². The molecule has 0 aliphatic rings. The highest BCUT2D eigenvalue weighted by Gasteiger charge is 2.14. The SMILES string of the molecule is CC(=O)Nc1ccc(C(=O)COC(=O)/C=C/c2ccc(-c3ccccc3)s2)c(F)c1. The summed E-state index contributed by atoms with van der Waals surface area (Å²) < 4.78 is 19.0. The number of benzene rings is 2. The number of rotatable bonds is 7. The second kappa shape index (κ2) is 9.76. The number of Topliss-reactive ketones (excluding diaryl/α,β-unsaturated/α-hetero) is 1. The van der Waals surface area contributed by atoms with Gasteiger partial charge in [-0.25, -0.2) is 9.18 Å². The van der Waals surface area contributed by atoms with Crippen LogP contribution in [-0.2, 0) is 14.3 Å². The monoisotopic (exact) mass is 423 g/mol. The van der Waals surface area contributed by atoms with Crippen molar-refractivity contribution in [2.45, 2.75) is 6.92 Å². The van der Waals surface area contributed by atoms with Gasteiger partial charge in [-0.1, -0.05) is 30.3 Å².